The zero-order valence-corrected chi connectivity index (χ0v) is 10.7. The number of carbonyl (C=O) groups excluding carboxylic acids is 1. The monoisotopic (exact) mass is 258 g/mol. The van der Waals surface area contributed by atoms with Gasteiger partial charge in [-0.3, -0.25) is 9.78 Å². The van der Waals surface area contributed by atoms with Crippen molar-refractivity contribution in [3.63, 3.8) is 0 Å². The van der Waals surface area contributed by atoms with Gasteiger partial charge in [0, 0.05) is 24.1 Å². The standard InChI is InChI=1S/C14H14N2O3/c1-18-12-6-5-11(8-13(12)19-2)16-14(17)10-4-3-7-15-9-10/h3-9H,1-2H3,(H,16,17). The van der Waals surface area contributed by atoms with Gasteiger partial charge >= 0.3 is 0 Å². The molecule has 0 unspecified atom stereocenters. The Morgan fingerprint density at radius 1 is 1.16 bits per heavy atom. The van der Waals surface area contributed by atoms with Crippen molar-refractivity contribution in [2.24, 2.45) is 0 Å². The summed E-state index contributed by atoms with van der Waals surface area (Å²) in [5.74, 6) is 0.952. The normalized spacial score (nSPS) is 9.79. The lowest BCUT2D eigenvalue weighted by atomic mass is 10.2. The van der Waals surface area contributed by atoms with Crippen LogP contribution in [0, 0.1) is 0 Å². The second-order valence-electron chi connectivity index (χ2n) is 3.77. The van der Waals surface area contributed by atoms with Crippen LogP contribution in [-0.2, 0) is 0 Å². The molecule has 0 atom stereocenters. The number of rotatable bonds is 4. The van der Waals surface area contributed by atoms with Crippen LogP contribution >= 0.6 is 0 Å². The molecule has 5 nitrogen and oxygen atoms in total. The minimum Gasteiger partial charge on any atom is -0.493 e. The summed E-state index contributed by atoms with van der Waals surface area (Å²) >= 11 is 0. The van der Waals surface area contributed by atoms with E-state index in [4.69, 9.17) is 9.47 Å². The fourth-order valence-electron chi connectivity index (χ4n) is 1.61. The molecule has 5 heteroatoms. The summed E-state index contributed by atoms with van der Waals surface area (Å²) in [4.78, 5) is 15.8. The number of ether oxygens (including phenoxy) is 2. The van der Waals surface area contributed by atoms with Gasteiger partial charge in [0.05, 0.1) is 19.8 Å². The smallest absolute Gasteiger partial charge is 0.257 e. The minimum atomic E-state index is -0.222. The molecule has 0 aliphatic heterocycles. The molecule has 0 saturated carbocycles. The molecule has 1 N–H and O–H groups in total. The average Bonchev–Trinajstić information content (AvgIpc) is 2.48. The molecule has 0 saturated heterocycles. The van der Waals surface area contributed by atoms with Crippen LogP contribution in [0.5, 0.6) is 11.5 Å². The average molecular weight is 258 g/mol. The van der Waals surface area contributed by atoms with Crippen LogP contribution in [0.1, 0.15) is 10.4 Å². The van der Waals surface area contributed by atoms with Crippen LogP contribution < -0.4 is 14.8 Å². The first-order valence-corrected chi connectivity index (χ1v) is 5.68. The second-order valence-corrected chi connectivity index (χ2v) is 3.77. The van der Waals surface area contributed by atoms with Crippen LogP contribution in [0.2, 0.25) is 0 Å². The Kier molecular flexibility index (Phi) is 3.97. The maximum atomic E-state index is 11.9. The van der Waals surface area contributed by atoms with Gasteiger partial charge in [-0.1, -0.05) is 0 Å². The molecule has 0 radical (unpaired) electrons. The molecule has 1 aromatic carbocycles. The Morgan fingerprint density at radius 2 is 1.95 bits per heavy atom. The fourth-order valence-corrected chi connectivity index (χ4v) is 1.61. The molecule has 19 heavy (non-hydrogen) atoms. The number of aromatic nitrogens is 1. The van der Waals surface area contributed by atoms with Crippen LogP contribution in [-0.4, -0.2) is 25.1 Å². The highest BCUT2D eigenvalue weighted by molar-refractivity contribution is 6.04. The van der Waals surface area contributed by atoms with Crippen molar-refractivity contribution in [1.29, 1.82) is 0 Å². The predicted octanol–water partition coefficient (Wildman–Crippen LogP) is 2.35. The third kappa shape index (κ3) is 3.01. The number of methoxy groups -OCH3 is 2. The summed E-state index contributed by atoms with van der Waals surface area (Å²) in [6, 6.07) is 8.59. The molecular formula is C14H14N2O3. The number of nitrogens with one attached hydrogen (secondary N) is 1. The lowest BCUT2D eigenvalue weighted by molar-refractivity contribution is 0.102. The Hall–Kier alpha value is -2.56. The highest BCUT2D eigenvalue weighted by Crippen LogP contribution is 2.29. The Morgan fingerprint density at radius 3 is 2.58 bits per heavy atom. The van der Waals surface area contributed by atoms with Gasteiger partial charge < -0.3 is 14.8 Å². The van der Waals surface area contributed by atoms with Crippen LogP contribution in [0.3, 0.4) is 0 Å². The van der Waals surface area contributed by atoms with Gasteiger partial charge in [0.15, 0.2) is 11.5 Å². The number of nitrogens with zero attached hydrogens (tertiary/aromatic N) is 1. The molecule has 2 rings (SSSR count). The van der Waals surface area contributed by atoms with Crippen LogP contribution in [0.15, 0.2) is 42.7 Å². The summed E-state index contributed by atoms with van der Waals surface area (Å²) in [7, 11) is 3.11. The summed E-state index contributed by atoms with van der Waals surface area (Å²) in [6.45, 7) is 0. The SMILES string of the molecule is COc1ccc(NC(=O)c2cccnc2)cc1OC. The van der Waals surface area contributed by atoms with Gasteiger partial charge in [-0.2, -0.15) is 0 Å². The quantitative estimate of drug-likeness (QED) is 0.914. The van der Waals surface area contributed by atoms with E-state index in [9.17, 15) is 4.79 Å². The first-order chi connectivity index (χ1) is 9.24. The van der Waals surface area contributed by atoms with Gasteiger partial charge in [0.2, 0.25) is 0 Å². The molecule has 0 aliphatic carbocycles. The summed E-state index contributed by atoms with van der Waals surface area (Å²) < 4.78 is 10.3. The fraction of sp³-hybridized carbons (Fsp3) is 0.143. The van der Waals surface area contributed by atoms with E-state index in [1.165, 1.54) is 6.20 Å². The zero-order valence-electron chi connectivity index (χ0n) is 10.7. The molecule has 1 aromatic heterocycles. The molecular weight excluding hydrogens is 244 g/mol. The molecule has 0 spiro atoms. The Labute approximate surface area is 111 Å². The Bertz CT molecular complexity index is 570. The minimum absolute atomic E-state index is 0.222. The van der Waals surface area contributed by atoms with E-state index >= 15 is 0 Å². The number of carbonyl (C=O) groups is 1. The van der Waals surface area contributed by atoms with Gasteiger partial charge in [-0.25, -0.2) is 0 Å². The number of pyridine rings is 1. The number of anilines is 1. The van der Waals surface area contributed by atoms with E-state index in [1.54, 1.807) is 50.7 Å². The third-order valence-electron chi connectivity index (χ3n) is 2.57. The molecule has 98 valence electrons. The van der Waals surface area contributed by atoms with Crippen LogP contribution in [0.4, 0.5) is 5.69 Å². The second kappa shape index (κ2) is 5.86. The first kappa shape index (κ1) is 12.9. The number of benzene rings is 1. The van der Waals surface area contributed by atoms with Gasteiger partial charge in [0.1, 0.15) is 0 Å². The summed E-state index contributed by atoms with van der Waals surface area (Å²) in [6.07, 6.45) is 3.13. The Balaban J connectivity index is 2.18. The van der Waals surface area contributed by atoms with Gasteiger partial charge in [-0.15, -0.1) is 0 Å². The van der Waals surface area contributed by atoms with Gasteiger partial charge in [0.25, 0.3) is 5.91 Å². The topological polar surface area (TPSA) is 60.5 Å². The lowest BCUT2D eigenvalue weighted by Gasteiger charge is -2.10. The van der Waals surface area contributed by atoms with E-state index in [-0.39, 0.29) is 5.91 Å². The van der Waals surface area contributed by atoms with E-state index in [1.807, 2.05) is 0 Å². The number of hydrogen-bond acceptors (Lipinski definition) is 4. The van der Waals surface area contributed by atoms with Crippen LogP contribution in [0.25, 0.3) is 0 Å². The van der Waals surface area contributed by atoms with Crippen molar-refractivity contribution in [3.05, 3.63) is 48.3 Å². The van der Waals surface area contributed by atoms with Crippen molar-refractivity contribution in [2.75, 3.05) is 19.5 Å². The molecule has 0 aliphatic rings. The number of hydrogen-bond donors (Lipinski definition) is 1. The maximum absolute atomic E-state index is 11.9. The van der Waals surface area contributed by atoms with Crippen molar-refractivity contribution in [3.8, 4) is 11.5 Å². The summed E-state index contributed by atoms with van der Waals surface area (Å²) in [5, 5.41) is 2.77. The predicted molar refractivity (Wildman–Crippen MR) is 71.7 cm³/mol. The molecule has 2 aromatic rings. The molecule has 1 amide bonds. The first-order valence-electron chi connectivity index (χ1n) is 5.68. The van der Waals surface area contributed by atoms with E-state index in [0.717, 1.165) is 0 Å². The third-order valence-corrected chi connectivity index (χ3v) is 2.57. The van der Waals surface area contributed by atoms with Crippen molar-refractivity contribution >= 4 is 11.6 Å². The molecule has 0 bridgehead atoms. The lowest BCUT2D eigenvalue weighted by Crippen LogP contribution is -2.12. The van der Waals surface area contributed by atoms with E-state index in [0.29, 0.717) is 22.7 Å². The molecule has 1 heterocycles. The largest absolute Gasteiger partial charge is 0.493 e. The van der Waals surface area contributed by atoms with Crippen molar-refractivity contribution in [1.82, 2.24) is 4.98 Å². The van der Waals surface area contributed by atoms with Gasteiger partial charge in [-0.05, 0) is 24.3 Å². The van der Waals surface area contributed by atoms with Crippen molar-refractivity contribution < 1.29 is 14.3 Å². The number of amides is 1. The van der Waals surface area contributed by atoms with E-state index in [2.05, 4.69) is 10.3 Å². The molecule has 0 fully saturated rings. The summed E-state index contributed by atoms with van der Waals surface area (Å²) in [5.41, 5.74) is 1.13. The van der Waals surface area contributed by atoms with Crippen molar-refractivity contribution in [2.45, 2.75) is 0 Å². The van der Waals surface area contributed by atoms with E-state index < -0.39 is 0 Å². The highest BCUT2D eigenvalue weighted by Gasteiger charge is 2.08. The zero-order chi connectivity index (χ0) is 13.7. The highest BCUT2D eigenvalue weighted by atomic mass is 16.5. The maximum Gasteiger partial charge on any atom is 0.257 e.